The summed E-state index contributed by atoms with van der Waals surface area (Å²) in [7, 11) is 0. The molecule has 2 aromatic carbocycles. The molecule has 28 heavy (non-hydrogen) atoms. The number of hydrogen-bond donors (Lipinski definition) is 2. The van der Waals surface area contributed by atoms with Crippen LogP contribution in [0.25, 0.3) is 0 Å². The molecule has 7 nitrogen and oxygen atoms in total. The normalized spacial score (nSPS) is 9.79. The van der Waals surface area contributed by atoms with Crippen LogP contribution in [0.15, 0.2) is 60.8 Å². The Bertz CT molecular complexity index is 1160. The smallest absolute Gasteiger partial charge is 0.274 e. The monoisotopic (exact) mass is 368 g/mol. The maximum Gasteiger partial charge on any atom is 0.274 e. The lowest BCUT2D eigenvalue weighted by molar-refractivity contribution is 0.0846. The van der Waals surface area contributed by atoms with Gasteiger partial charge in [0.15, 0.2) is 5.78 Å². The number of imide groups is 1. The number of ketones is 1. The molecule has 0 aliphatic heterocycles. The highest BCUT2D eigenvalue weighted by Crippen LogP contribution is 2.13. The minimum atomic E-state index is -0.695. The minimum absolute atomic E-state index is 0.0433. The molecule has 1 heterocycles. The van der Waals surface area contributed by atoms with Crippen LogP contribution in [0, 0.1) is 22.7 Å². The number of nitrogens with zero attached hydrogens (tertiary/aromatic N) is 2. The largest absolute Gasteiger partial charge is 0.356 e. The van der Waals surface area contributed by atoms with Crippen molar-refractivity contribution in [3.63, 3.8) is 0 Å². The lowest BCUT2D eigenvalue weighted by Crippen LogP contribution is -2.30. The third-order valence-electron chi connectivity index (χ3n) is 3.95. The van der Waals surface area contributed by atoms with E-state index in [9.17, 15) is 14.4 Å². The van der Waals surface area contributed by atoms with Gasteiger partial charge in [-0.25, -0.2) is 0 Å². The van der Waals surface area contributed by atoms with Gasteiger partial charge in [0.1, 0.15) is 5.69 Å². The molecule has 0 atom stereocenters. The first-order valence-electron chi connectivity index (χ1n) is 8.11. The molecule has 0 aliphatic rings. The second-order valence-corrected chi connectivity index (χ2v) is 5.80. The van der Waals surface area contributed by atoms with Crippen LogP contribution in [0.4, 0.5) is 0 Å². The predicted octanol–water partition coefficient (Wildman–Crippen LogP) is 2.56. The molecule has 2 amide bonds. The molecule has 134 valence electrons. The first-order valence-corrected chi connectivity index (χ1v) is 8.11. The van der Waals surface area contributed by atoms with Gasteiger partial charge in [0.25, 0.3) is 11.8 Å². The zero-order valence-electron chi connectivity index (χ0n) is 14.4. The van der Waals surface area contributed by atoms with Crippen LogP contribution in [0.2, 0.25) is 0 Å². The third-order valence-corrected chi connectivity index (χ3v) is 3.95. The Hall–Kier alpha value is -4.49. The molecule has 0 unspecified atom stereocenters. The topological polar surface area (TPSA) is 127 Å². The molecule has 0 bridgehead atoms. The maximum atomic E-state index is 12.5. The van der Waals surface area contributed by atoms with Crippen molar-refractivity contribution in [2.75, 3.05) is 0 Å². The number of carbonyl (C=O) groups is 3. The van der Waals surface area contributed by atoms with Gasteiger partial charge in [0, 0.05) is 22.9 Å². The molecular weight excluding hydrogens is 356 g/mol. The van der Waals surface area contributed by atoms with Gasteiger partial charge in [-0.05, 0) is 42.5 Å². The fourth-order valence-corrected chi connectivity index (χ4v) is 2.49. The minimum Gasteiger partial charge on any atom is -0.356 e. The van der Waals surface area contributed by atoms with E-state index < -0.39 is 11.8 Å². The number of nitrogens with one attached hydrogen (secondary N) is 2. The Labute approximate surface area is 159 Å². The Morgan fingerprint density at radius 1 is 0.786 bits per heavy atom. The average molecular weight is 368 g/mol. The Morgan fingerprint density at radius 3 is 2.18 bits per heavy atom. The molecule has 1 aromatic heterocycles. The van der Waals surface area contributed by atoms with E-state index in [1.165, 1.54) is 42.6 Å². The summed E-state index contributed by atoms with van der Waals surface area (Å²) in [6.07, 6.45) is 1.36. The zero-order chi connectivity index (χ0) is 20.1. The molecule has 2 N–H and O–H groups in total. The van der Waals surface area contributed by atoms with Crippen molar-refractivity contribution in [1.82, 2.24) is 10.3 Å². The number of nitriles is 2. The SMILES string of the molecule is N#Cc1ccc(C(=O)NC(=O)c2cc(C(=O)c3cccc(C#N)c3)c[nH]2)cc1. The van der Waals surface area contributed by atoms with Crippen molar-refractivity contribution < 1.29 is 14.4 Å². The summed E-state index contributed by atoms with van der Waals surface area (Å²) in [5, 5.41) is 19.9. The van der Waals surface area contributed by atoms with E-state index in [2.05, 4.69) is 10.3 Å². The van der Waals surface area contributed by atoms with Crippen LogP contribution in [0.3, 0.4) is 0 Å². The third kappa shape index (κ3) is 3.85. The molecule has 3 aromatic rings. The zero-order valence-corrected chi connectivity index (χ0v) is 14.4. The summed E-state index contributed by atoms with van der Waals surface area (Å²) in [5.74, 6) is -1.68. The van der Waals surface area contributed by atoms with Gasteiger partial charge in [-0.2, -0.15) is 10.5 Å². The van der Waals surface area contributed by atoms with Crippen molar-refractivity contribution in [2.24, 2.45) is 0 Å². The predicted molar refractivity (Wildman–Crippen MR) is 98.3 cm³/mol. The summed E-state index contributed by atoms with van der Waals surface area (Å²) in [6, 6.07) is 17.3. The van der Waals surface area contributed by atoms with Crippen molar-refractivity contribution >= 4 is 17.6 Å². The van der Waals surface area contributed by atoms with Crippen LogP contribution in [0.5, 0.6) is 0 Å². The standard InChI is InChI=1S/C21H12N4O3/c22-10-13-4-6-15(7-5-13)20(27)25-21(28)18-9-17(12-24-18)19(26)16-3-1-2-14(8-16)11-23/h1-9,12,24H,(H,25,27,28). The number of H-pyrrole nitrogens is 1. The summed E-state index contributed by atoms with van der Waals surface area (Å²) in [4.78, 5) is 39.6. The van der Waals surface area contributed by atoms with Crippen molar-refractivity contribution in [2.45, 2.75) is 0 Å². The number of aromatic amines is 1. The molecular formula is C21H12N4O3. The summed E-state index contributed by atoms with van der Waals surface area (Å²) in [5.41, 5.74) is 1.57. The number of rotatable bonds is 4. The van der Waals surface area contributed by atoms with Crippen LogP contribution in [-0.2, 0) is 0 Å². The molecule has 0 spiro atoms. The second-order valence-electron chi connectivity index (χ2n) is 5.80. The first kappa shape index (κ1) is 18.3. The molecule has 0 fully saturated rings. The number of benzene rings is 2. The summed E-state index contributed by atoms with van der Waals surface area (Å²) in [6.45, 7) is 0. The van der Waals surface area contributed by atoms with Gasteiger partial charge < -0.3 is 4.98 Å². The van der Waals surface area contributed by atoms with Gasteiger partial charge in [-0.15, -0.1) is 0 Å². The lowest BCUT2D eigenvalue weighted by Gasteiger charge is -2.02. The van der Waals surface area contributed by atoms with Gasteiger partial charge in [-0.1, -0.05) is 12.1 Å². The average Bonchev–Trinajstić information content (AvgIpc) is 3.23. The Kier molecular flexibility index (Phi) is 5.11. The first-order chi connectivity index (χ1) is 13.5. The Balaban J connectivity index is 1.73. The van der Waals surface area contributed by atoms with E-state index in [0.29, 0.717) is 16.7 Å². The number of carbonyl (C=O) groups excluding carboxylic acids is 3. The fraction of sp³-hybridized carbons (Fsp3) is 0. The van der Waals surface area contributed by atoms with E-state index >= 15 is 0 Å². The van der Waals surface area contributed by atoms with Gasteiger partial charge in [0.2, 0.25) is 0 Å². The van der Waals surface area contributed by atoms with Crippen LogP contribution < -0.4 is 5.32 Å². The second kappa shape index (κ2) is 7.81. The van der Waals surface area contributed by atoms with E-state index in [0.717, 1.165) is 0 Å². The van der Waals surface area contributed by atoms with Gasteiger partial charge in [-0.3, -0.25) is 19.7 Å². The van der Waals surface area contributed by atoms with Crippen molar-refractivity contribution in [1.29, 1.82) is 10.5 Å². The maximum absolute atomic E-state index is 12.5. The highest BCUT2D eigenvalue weighted by Gasteiger charge is 2.17. The van der Waals surface area contributed by atoms with Crippen LogP contribution in [-0.4, -0.2) is 22.6 Å². The van der Waals surface area contributed by atoms with Crippen LogP contribution >= 0.6 is 0 Å². The number of aromatic nitrogens is 1. The number of hydrogen-bond acceptors (Lipinski definition) is 5. The highest BCUT2D eigenvalue weighted by atomic mass is 16.2. The van der Waals surface area contributed by atoms with E-state index in [-0.39, 0.29) is 22.6 Å². The molecule has 3 rings (SSSR count). The summed E-state index contributed by atoms with van der Waals surface area (Å²) < 4.78 is 0. The summed E-state index contributed by atoms with van der Waals surface area (Å²) >= 11 is 0. The van der Waals surface area contributed by atoms with E-state index in [1.807, 2.05) is 12.1 Å². The van der Waals surface area contributed by atoms with Crippen molar-refractivity contribution in [3.05, 3.63) is 94.3 Å². The molecule has 7 heteroatoms. The number of amides is 2. The highest BCUT2D eigenvalue weighted by molar-refractivity contribution is 6.13. The molecule has 0 saturated carbocycles. The lowest BCUT2D eigenvalue weighted by atomic mass is 10.0. The van der Waals surface area contributed by atoms with E-state index in [4.69, 9.17) is 10.5 Å². The fourth-order valence-electron chi connectivity index (χ4n) is 2.49. The molecule has 0 saturated heterocycles. The van der Waals surface area contributed by atoms with Gasteiger partial charge in [0.05, 0.1) is 23.3 Å². The van der Waals surface area contributed by atoms with Crippen molar-refractivity contribution in [3.8, 4) is 12.1 Å². The van der Waals surface area contributed by atoms with Gasteiger partial charge >= 0.3 is 0 Å². The van der Waals surface area contributed by atoms with Crippen LogP contribution in [0.1, 0.15) is 47.9 Å². The molecule has 0 radical (unpaired) electrons. The quantitative estimate of drug-likeness (QED) is 0.540. The Morgan fingerprint density at radius 2 is 1.50 bits per heavy atom. The van der Waals surface area contributed by atoms with E-state index in [1.54, 1.807) is 18.2 Å². The molecule has 0 aliphatic carbocycles.